The molecule has 0 heterocycles. The number of benzene rings is 2. The van der Waals surface area contributed by atoms with Gasteiger partial charge in [-0.15, -0.1) is 10.9 Å². The molecule has 1 nitrogen and oxygen atoms in total. The van der Waals surface area contributed by atoms with Crippen molar-refractivity contribution >= 4 is 23.8 Å². The van der Waals surface area contributed by atoms with E-state index in [-0.39, 0.29) is 17.1 Å². The summed E-state index contributed by atoms with van der Waals surface area (Å²) in [5.74, 6) is 0. The van der Waals surface area contributed by atoms with Gasteiger partial charge in [-0.2, -0.15) is 24.3 Å². The van der Waals surface area contributed by atoms with Gasteiger partial charge in [-0.25, -0.2) is 24.3 Å². The zero-order chi connectivity index (χ0) is 18.9. The van der Waals surface area contributed by atoms with E-state index in [1.807, 2.05) is 30.3 Å². The molecule has 0 saturated heterocycles. The van der Waals surface area contributed by atoms with Crippen LogP contribution in [0.3, 0.4) is 0 Å². The summed E-state index contributed by atoms with van der Waals surface area (Å²) in [4.78, 5) is 2.24. The maximum absolute atomic E-state index is 2.30. The summed E-state index contributed by atoms with van der Waals surface area (Å²) in [6.07, 6.45) is 0. The van der Waals surface area contributed by atoms with E-state index in [2.05, 4.69) is 97.9 Å². The van der Waals surface area contributed by atoms with Crippen LogP contribution in [-0.2, 0) is 23.6 Å². The Morgan fingerprint density at radius 2 is 1.29 bits per heavy atom. The second-order valence-electron chi connectivity index (χ2n) is 6.64. The Balaban J connectivity index is 0.000000408. The normalized spacial score (nSPS) is 10.3. The zero-order valence-corrected chi connectivity index (χ0v) is 18.3. The second kappa shape index (κ2) is 11.8. The quantitative estimate of drug-likeness (QED) is 0.255. The van der Waals surface area contributed by atoms with Crippen molar-refractivity contribution in [2.24, 2.45) is 0 Å². The van der Waals surface area contributed by atoms with E-state index in [0.717, 1.165) is 6.54 Å². The molecule has 0 bridgehead atoms. The predicted octanol–water partition coefficient (Wildman–Crippen LogP) is 4.63. The van der Waals surface area contributed by atoms with Crippen molar-refractivity contribution in [3.8, 4) is 0 Å². The van der Waals surface area contributed by atoms with Crippen LogP contribution in [0.5, 0.6) is 0 Å². The zero-order valence-electron chi connectivity index (χ0n) is 16.3. The average Bonchev–Trinajstić information content (AvgIpc) is 3.39. The number of nitrogens with zero attached hydrogens (tertiary/aromatic N) is 1. The third-order valence-electron chi connectivity index (χ3n) is 4.19. The molecule has 0 aliphatic heterocycles. The van der Waals surface area contributed by atoms with E-state index < -0.39 is 7.92 Å². The number of rotatable bonds is 5. The van der Waals surface area contributed by atoms with Gasteiger partial charge in [0.15, 0.2) is 0 Å². The molecular weight excluding hydrogens is 401 g/mol. The Bertz CT molecular complexity index is 826. The molecule has 0 saturated carbocycles. The van der Waals surface area contributed by atoms with Gasteiger partial charge < -0.3 is 4.90 Å². The van der Waals surface area contributed by atoms with E-state index in [4.69, 9.17) is 0 Å². The smallest absolute Gasteiger partial charge is 0.316 e. The van der Waals surface area contributed by atoms with E-state index >= 15 is 0 Å². The minimum absolute atomic E-state index is 0. The first-order valence-corrected chi connectivity index (χ1v) is 10.6. The first kappa shape index (κ1) is 22.3. The van der Waals surface area contributed by atoms with Crippen LogP contribution in [0.2, 0.25) is 0 Å². The molecule has 0 amide bonds. The van der Waals surface area contributed by atoms with Crippen molar-refractivity contribution < 1.29 is 17.1 Å². The van der Waals surface area contributed by atoms with E-state index in [1.54, 1.807) is 0 Å². The largest absolute Gasteiger partial charge is 2.00 e. The Morgan fingerprint density at radius 3 is 1.71 bits per heavy atom. The van der Waals surface area contributed by atoms with Gasteiger partial charge >= 0.3 is 17.1 Å². The van der Waals surface area contributed by atoms with Crippen LogP contribution in [0.1, 0.15) is 5.56 Å². The summed E-state index contributed by atoms with van der Waals surface area (Å²) in [7, 11) is 3.77. The predicted molar refractivity (Wildman–Crippen MR) is 120 cm³/mol. The van der Waals surface area contributed by atoms with Crippen LogP contribution in [0, 0.1) is 0 Å². The van der Waals surface area contributed by atoms with Gasteiger partial charge in [0.2, 0.25) is 0 Å². The fourth-order valence-corrected chi connectivity index (χ4v) is 5.51. The third kappa shape index (κ3) is 6.30. The third-order valence-corrected chi connectivity index (χ3v) is 6.74. The maximum atomic E-state index is 2.30. The molecule has 4 rings (SSSR count). The van der Waals surface area contributed by atoms with Crippen molar-refractivity contribution in [3.05, 3.63) is 115 Å². The molecular formula is C25H26FeNP. The maximum Gasteiger partial charge on any atom is 2.00 e. The Morgan fingerprint density at radius 1 is 0.750 bits per heavy atom. The van der Waals surface area contributed by atoms with Crippen molar-refractivity contribution in [3.63, 3.8) is 0 Å². The van der Waals surface area contributed by atoms with E-state index in [1.165, 1.54) is 21.5 Å². The summed E-state index contributed by atoms with van der Waals surface area (Å²) in [6.45, 7) is 0.987. The fourth-order valence-electron chi connectivity index (χ4n) is 3.04. The molecule has 3 heteroatoms. The molecule has 0 aliphatic rings. The molecule has 4 aromatic carbocycles. The van der Waals surface area contributed by atoms with Gasteiger partial charge in [0.1, 0.15) is 0 Å². The molecule has 0 radical (unpaired) electrons. The van der Waals surface area contributed by atoms with E-state index in [0.29, 0.717) is 0 Å². The van der Waals surface area contributed by atoms with Crippen molar-refractivity contribution in [1.82, 2.24) is 4.90 Å². The topological polar surface area (TPSA) is 3.24 Å². The van der Waals surface area contributed by atoms with E-state index in [9.17, 15) is 0 Å². The molecule has 144 valence electrons. The van der Waals surface area contributed by atoms with Crippen LogP contribution in [-0.4, -0.2) is 19.0 Å². The summed E-state index contributed by atoms with van der Waals surface area (Å²) in [5, 5.41) is 4.30. The minimum atomic E-state index is -0.487. The van der Waals surface area contributed by atoms with Crippen molar-refractivity contribution in [2.45, 2.75) is 6.54 Å². The first-order chi connectivity index (χ1) is 13.3. The Labute approximate surface area is 181 Å². The number of hydrogen-bond donors (Lipinski definition) is 0. The average molecular weight is 427 g/mol. The summed E-state index contributed by atoms with van der Waals surface area (Å²) in [6, 6.07) is 38.5. The van der Waals surface area contributed by atoms with Crippen LogP contribution >= 0.6 is 7.92 Å². The van der Waals surface area contributed by atoms with Gasteiger partial charge in [0, 0.05) is 0 Å². The monoisotopic (exact) mass is 427 g/mol. The molecule has 0 atom stereocenters. The van der Waals surface area contributed by atoms with Gasteiger partial charge in [0.25, 0.3) is 0 Å². The Kier molecular flexibility index (Phi) is 9.41. The molecule has 0 N–H and O–H groups in total. The molecule has 28 heavy (non-hydrogen) atoms. The molecule has 4 aromatic rings. The standard InChI is InChI=1S/C20H21NP.C5H5.Fe/c1-21(2)16-17-10-9-15-20(17)22(18-11-5-3-6-12-18)19-13-7-4-8-14-19;1-2-4-5-3-1;/h3-15H,16H2,1-2H3;1-5H;/q2*-1;+2. The van der Waals surface area contributed by atoms with Crippen LogP contribution in [0.4, 0.5) is 0 Å². The van der Waals surface area contributed by atoms with Crippen LogP contribution in [0.15, 0.2) is 109 Å². The van der Waals surface area contributed by atoms with Gasteiger partial charge in [-0.3, -0.25) is 0 Å². The summed E-state index contributed by atoms with van der Waals surface area (Å²) < 4.78 is 0. The molecule has 0 aliphatic carbocycles. The second-order valence-corrected chi connectivity index (χ2v) is 8.83. The van der Waals surface area contributed by atoms with Gasteiger partial charge in [0.05, 0.1) is 0 Å². The molecule has 0 spiro atoms. The fraction of sp³-hybridized carbons (Fsp3) is 0.120. The first-order valence-electron chi connectivity index (χ1n) is 9.22. The summed E-state index contributed by atoms with van der Waals surface area (Å²) in [5.41, 5.74) is 1.43. The molecule has 0 fully saturated rings. The van der Waals surface area contributed by atoms with Crippen LogP contribution < -0.4 is 15.9 Å². The molecule has 0 unspecified atom stereocenters. The van der Waals surface area contributed by atoms with Gasteiger partial charge in [-0.05, 0) is 39.2 Å². The molecule has 0 aromatic heterocycles. The van der Waals surface area contributed by atoms with Crippen LogP contribution in [0.25, 0.3) is 0 Å². The summed E-state index contributed by atoms with van der Waals surface area (Å²) >= 11 is 0. The Hall–Kier alpha value is -1.95. The SMILES string of the molecule is CN(C)C[c-]1cccc1P(c1ccccc1)c1ccccc1.[Fe+2].c1cc[cH-]c1. The van der Waals surface area contributed by atoms with Crippen molar-refractivity contribution in [2.75, 3.05) is 14.1 Å². The minimum Gasteiger partial charge on any atom is -0.316 e. The van der Waals surface area contributed by atoms with Crippen molar-refractivity contribution in [1.29, 1.82) is 0 Å². The van der Waals surface area contributed by atoms with Gasteiger partial charge in [-0.1, -0.05) is 60.7 Å². The number of hydrogen-bond acceptors (Lipinski definition) is 1.